The number of nitrogens with zero attached hydrogens (tertiary/aromatic N) is 3. The molecule has 0 saturated heterocycles. The van der Waals surface area contributed by atoms with E-state index in [9.17, 15) is 4.79 Å². The Kier molecular flexibility index (Phi) is 4.55. The predicted octanol–water partition coefficient (Wildman–Crippen LogP) is 4.65. The summed E-state index contributed by atoms with van der Waals surface area (Å²) in [6.45, 7) is 0. The molecule has 0 atom stereocenters. The molecular weight excluding hydrogens is 430 g/mol. The van der Waals surface area contributed by atoms with E-state index in [4.69, 9.17) is 17.3 Å². The van der Waals surface area contributed by atoms with Crippen LogP contribution in [0.5, 0.6) is 0 Å². The van der Waals surface area contributed by atoms with Crippen LogP contribution in [-0.2, 0) is 0 Å². The first kappa shape index (κ1) is 17.5. The van der Waals surface area contributed by atoms with Gasteiger partial charge in [-0.25, -0.2) is 9.50 Å². The topological polar surface area (TPSA) is 85.3 Å². The smallest absolute Gasteiger partial charge is 0.256 e. The van der Waals surface area contributed by atoms with Crippen molar-refractivity contribution in [2.24, 2.45) is 5.73 Å². The summed E-state index contributed by atoms with van der Waals surface area (Å²) in [5.41, 5.74) is 8.66. The summed E-state index contributed by atoms with van der Waals surface area (Å²) in [5, 5.41) is 8.33. The van der Waals surface area contributed by atoms with Crippen LogP contribution in [0.15, 0.2) is 65.3 Å². The average Bonchev–Trinajstić information content (AvgIpc) is 3.02. The number of amides is 1. The van der Waals surface area contributed by atoms with Crippen molar-refractivity contribution in [1.82, 2.24) is 14.6 Å². The van der Waals surface area contributed by atoms with Gasteiger partial charge < -0.3 is 11.1 Å². The Bertz CT molecular complexity index is 1140. The highest BCUT2D eigenvalue weighted by atomic mass is 79.9. The van der Waals surface area contributed by atoms with Crippen molar-refractivity contribution < 1.29 is 4.79 Å². The van der Waals surface area contributed by atoms with Crippen molar-refractivity contribution in [2.75, 3.05) is 5.32 Å². The van der Waals surface area contributed by atoms with Crippen LogP contribution < -0.4 is 11.1 Å². The lowest BCUT2D eigenvalue weighted by molar-refractivity contribution is 0.100. The molecule has 4 aromatic rings. The predicted molar refractivity (Wildman–Crippen MR) is 109 cm³/mol. The van der Waals surface area contributed by atoms with E-state index in [-0.39, 0.29) is 5.56 Å². The Morgan fingerprint density at radius 2 is 1.78 bits per heavy atom. The van der Waals surface area contributed by atoms with Gasteiger partial charge in [-0.05, 0) is 42.5 Å². The molecule has 0 unspecified atom stereocenters. The largest absolute Gasteiger partial charge is 0.365 e. The van der Waals surface area contributed by atoms with Crippen LogP contribution >= 0.6 is 27.5 Å². The van der Waals surface area contributed by atoms with Gasteiger partial charge in [-0.1, -0.05) is 39.7 Å². The summed E-state index contributed by atoms with van der Waals surface area (Å²) in [6.07, 6.45) is 1.62. The van der Waals surface area contributed by atoms with Gasteiger partial charge >= 0.3 is 0 Å². The maximum Gasteiger partial charge on any atom is 0.256 e. The molecule has 3 N–H and O–H groups in total. The number of nitrogens with one attached hydrogen (secondary N) is 1. The van der Waals surface area contributed by atoms with E-state index in [2.05, 4.69) is 31.3 Å². The number of hydrogen-bond donors (Lipinski definition) is 2. The van der Waals surface area contributed by atoms with Gasteiger partial charge in [0, 0.05) is 26.9 Å². The summed E-state index contributed by atoms with van der Waals surface area (Å²) in [6, 6.07) is 16.7. The molecule has 2 heterocycles. The Hall–Kier alpha value is -2.90. The number of halogens is 2. The summed E-state index contributed by atoms with van der Waals surface area (Å²) in [4.78, 5) is 16.4. The lowest BCUT2D eigenvalue weighted by Gasteiger charge is -2.04. The van der Waals surface area contributed by atoms with Crippen LogP contribution in [0.4, 0.5) is 11.5 Å². The summed E-state index contributed by atoms with van der Waals surface area (Å²) in [7, 11) is 0. The van der Waals surface area contributed by atoms with E-state index < -0.39 is 5.91 Å². The van der Waals surface area contributed by atoms with Gasteiger partial charge in [0.2, 0.25) is 0 Å². The Morgan fingerprint density at radius 3 is 2.44 bits per heavy atom. The zero-order valence-electron chi connectivity index (χ0n) is 13.9. The van der Waals surface area contributed by atoms with Gasteiger partial charge in [0.25, 0.3) is 5.91 Å². The van der Waals surface area contributed by atoms with E-state index in [1.54, 1.807) is 22.8 Å². The molecule has 8 heteroatoms. The second kappa shape index (κ2) is 7.02. The highest BCUT2D eigenvalue weighted by Crippen LogP contribution is 2.28. The molecule has 0 fully saturated rings. The Balaban J connectivity index is 1.88. The molecule has 0 spiro atoms. The lowest BCUT2D eigenvalue weighted by atomic mass is 10.1. The third kappa shape index (κ3) is 3.39. The van der Waals surface area contributed by atoms with Gasteiger partial charge in [-0.3, -0.25) is 4.79 Å². The first-order valence-corrected chi connectivity index (χ1v) is 9.16. The van der Waals surface area contributed by atoms with Gasteiger partial charge in [0.05, 0.1) is 5.69 Å². The number of benzene rings is 2. The number of rotatable bonds is 4. The van der Waals surface area contributed by atoms with Crippen LogP contribution in [0.1, 0.15) is 10.4 Å². The van der Waals surface area contributed by atoms with Crippen molar-refractivity contribution in [2.45, 2.75) is 0 Å². The van der Waals surface area contributed by atoms with Gasteiger partial charge in [0.15, 0.2) is 11.5 Å². The molecular formula is C19H13BrClN5O. The molecule has 27 heavy (non-hydrogen) atoms. The molecule has 0 aliphatic rings. The summed E-state index contributed by atoms with van der Waals surface area (Å²) in [5.74, 6) is -0.260. The lowest BCUT2D eigenvalue weighted by Crippen LogP contribution is -2.13. The number of nitrogens with two attached hydrogens (primary N) is 1. The van der Waals surface area contributed by atoms with Crippen LogP contribution in [0.25, 0.3) is 16.9 Å². The molecule has 0 saturated carbocycles. The number of carbonyl (C=O) groups excluding carboxylic acids is 1. The Morgan fingerprint density at radius 1 is 1.07 bits per heavy atom. The van der Waals surface area contributed by atoms with Crippen LogP contribution in [0, 0.1) is 0 Å². The second-order valence-corrected chi connectivity index (χ2v) is 7.14. The quantitative estimate of drug-likeness (QED) is 0.481. The van der Waals surface area contributed by atoms with Crippen molar-refractivity contribution in [1.29, 1.82) is 0 Å². The van der Waals surface area contributed by atoms with E-state index in [1.807, 2.05) is 42.5 Å². The molecule has 0 radical (unpaired) electrons. The first-order valence-electron chi connectivity index (χ1n) is 7.99. The SMILES string of the molecule is NC(=O)c1c(Nc2ccc(Br)cc2)nn2c(-c3ccc(Cl)cc3)ccnc12. The monoisotopic (exact) mass is 441 g/mol. The zero-order valence-corrected chi connectivity index (χ0v) is 16.2. The first-order chi connectivity index (χ1) is 13.0. The number of anilines is 2. The molecule has 1 amide bonds. The van der Waals surface area contributed by atoms with Crippen LogP contribution in [-0.4, -0.2) is 20.5 Å². The third-order valence-electron chi connectivity index (χ3n) is 4.01. The number of fused-ring (bicyclic) bond motifs is 1. The van der Waals surface area contributed by atoms with E-state index in [0.717, 1.165) is 21.4 Å². The molecule has 0 bridgehead atoms. The highest BCUT2D eigenvalue weighted by molar-refractivity contribution is 9.10. The highest BCUT2D eigenvalue weighted by Gasteiger charge is 2.21. The summed E-state index contributed by atoms with van der Waals surface area (Å²) < 4.78 is 2.55. The van der Waals surface area contributed by atoms with Crippen molar-refractivity contribution in [3.05, 3.63) is 75.9 Å². The molecule has 0 aliphatic carbocycles. The maximum atomic E-state index is 12.1. The van der Waals surface area contributed by atoms with Crippen LogP contribution in [0.3, 0.4) is 0 Å². The number of aromatic nitrogens is 3. The average molecular weight is 443 g/mol. The maximum absolute atomic E-state index is 12.1. The molecule has 6 nitrogen and oxygen atoms in total. The Labute approximate surface area is 168 Å². The minimum Gasteiger partial charge on any atom is -0.365 e. The fourth-order valence-electron chi connectivity index (χ4n) is 2.77. The molecule has 2 aromatic heterocycles. The zero-order chi connectivity index (χ0) is 19.0. The van der Waals surface area contributed by atoms with Crippen LogP contribution in [0.2, 0.25) is 5.02 Å². The fraction of sp³-hybridized carbons (Fsp3) is 0. The summed E-state index contributed by atoms with van der Waals surface area (Å²) >= 11 is 9.38. The molecule has 2 aromatic carbocycles. The molecule has 134 valence electrons. The van der Waals surface area contributed by atoms with E-state index in [0.29, 0.717) is 16.5 Å². The normalized spacial score (nSPS) is 10.9. The van der Waals surface area contributed by atoms with Crippen molar-refractivity contribution in [3.8, 4) is 11.3 Å². The number of hydrogen-bond acceptors (Lipinski definition) is 4. The van der Waals surface area contributed by atoms with E-state index in [1.165, 1.54) is 0 Å². The standard InChI is InChI=1S/C19H13BrClN5O/c20-12-3-7-14(8-4-12)24-18-16(17(22)27)19-23-10-9-15(26(19)25-18)11-1-5-13(21)6-2-11/h1-10H,(H2,22,27)(H,24,25). The number of carbonyl (C=O) groups is 1. The minimum atomic E-state index is -0.606. The van der Waals surface area contributed by atoms with Gasteiger partial charge in [-0.15, -0.1) is 5.10 Å². The van der Waals surface area contributed by atoms with E-state index >= 15 is 0 Å². The fourth-order valence-corrected chi connectivity index (χ4v) is 3.16. The number of primary amides is 1. The van der Waals surface area contributed by atoms with Crippen molar-refractivity contribution in [3.63, 3.8) is 0 Å². The van der Waals surface area contributed by atoms with Crippen molar-refractivity contribution >= 4 is 50.6 Å². The molecule has 4 rings (SSSR count). The van der Waals surface area contributed by atoms with Gasteiger partial charge in [0.1, 0.15) is 5.56 Å². The molecule has 0 aliphatic heterocycles. The minimum absolute atomic E-state index is 0.230. The van der Waals surface area contributed by atoms with Gasteiger partial charge in [-0.2, -0.15) is 0 Å². The second-order valence-electron chi connectivity index (χ2n) is 5.79. The third-order valence-corrected chi connectivity index (χ3v) is 4.79.